The van der Waals surface area contributed by atoms with Gasteiger partial charge in [0.15, 0.2) is 0 Å². The molecule has 1 atom stereocenters. The number of amides is 2. The molecule has 1 aliphatic rings. The van der Waals surface area contributed by atoms with Crippen molar-refractivity contribution in [1.29, 1.82) is 0 Å². The van der Waals surface area contributed by atoms with Gasteiger partial charge < -0.3 is 16.0 Å². The summed E-state index contributed by atoms with van der Waals surface area (Å²) in [7, 11) is 1.83. The SMILES string of the molecule is CC.Cn1cc(-c2cnc(N)c(C(=O)N[C@@H]3CCN(C(=O)c4ccc(-c5ccccc5)cc4)C3)c2)cn1. The lowest BCUT2D eigenvalue weighted by Gasteiger charge is -2.18. The first kappa shape index (κ1) is 25.6. The second-order valence-corrected chi connectivity index (χ2v) is 8.71. The van der Waals surface area contributed by atoms with Gasteiger partial charge in [-0.2, -0.15) is 5.10 Å². The first-order valence-electron chi connectivity index (χ1n) is 12.5. The van der Waals surface area contributed by atoms with Crippen LogP contribution < -0.4 is 11.1 Å². The Balaban J connectivity index is 0.00000156. The summed E-state index contributed by atoms with van der Waals surface area (Å²) in [6.07, 6.45) is 5.86. The van der Waals surface area contributed by atoms with Gasteiger partial charge in [-0.25, -0.2) is 4.98 Å². The number of likely N-dealkylation sites (tertiary alicyclic amines) is 1. The fraction of sp³-hybridized carbons (Fsp3) is 0.241. The third-order valence-corrected chi connectivity index (χ3v) is 6.25. The molecule has 8 heteroatoms. The van der Waals surface area contributed by atoms with Gasteiger partial charge in [-0.1, -0.05) is 56.3 Å². The van der Waals surface area contributed by atoms with E-state index in [1.807, 2.05) is 81.7 Å². The van der Waals surface area contributed by atoms with Crippen LogP contribution in [0.4, 0.5) is 5.82 Å². The highest BCUT2D eigenvalue weighted by molar-refractivity contribution is 6.00. The number of nitrogens with one attached hydrogen (secondary N) is 1. The number of carbonyl (C=O) groups is 2. The van der Waals surface area contributed by atoms with Gasteiger partial charge in [-0.05, 0) is 35.7 Å². The third kappa shape index (κ3) is 5.86. The van der Waals surface area contributed by atoms with Crippen molar-refractivity contribution in [2.75, 3.05) is 18.8 Å². The highest BCUT2D eigenvalue weighted by Gasteiger charge is 2.29. The summed E-state index contributed by atoms with van der Waals surface area (Å²) in [5.74, 6) is -0.173. The first-order valence-corrected chi connectivity index (χ1v) is 12.5. The molecule has 5 rings (SSSR count). The maximum atomic E-state index is 13.0. The summed E-state index contributed by atoms with van der Waals surface area (Å²) in [6.45, 7) is 5.02. The van der Waals surface area contributed by atoms with Crippen LogP contribution in [0, 0.1) is 0 Å². The van der Waals surface area contributed by atoms with Crippen LogP contribution in [0.25, 0.3) is 22.3 Å². The Morgan fingerprint density at radius 3 is 2.32 bits per heavy atom. The number of aromatic nitrogens is 3. The smallest absolute Gasteiger partial charge is 0.255 e. The van der Waals surface area contributed by atoms with Crippen LogP contribution >= 0.6 is 0 Å². The summed E-state index contributed by atoms with van der Waals surface area (Å²) in [5, 5.41) is 7.18. The van der Waals surface area contributed by atoms with Crippen molar-refractivity contribution in [3.8, 4) is 22.3 Å². The minimum Gasteiger partial charge on any atom is -0.383 e. The van der Waals surface area contributed by atoms with Crippen LogP contribution in [-0.2, 0) is 7.05 Å². The van der Waals surface area contributed by atoms with E-state index in [4.69, 9.17) is 5.73 Å². The number of aryl methyl sites for hydroxylation is 1. The summed E-state index contributed by atoms with van der Waals surface area (Å²) in [4.78, 5) is 32.0. The van der Waals surface area contributed by atoms with Gasteiger partial charge in [-0.3, -0.25) is 14.3 Å². The van der Waals surface area contributed by atoms with Gasteiger partial charge in [0.05, 0.1) is 11.8 Å². The van der Waals surface area contributed by atoms with Crippen LogP contribution in [0.5, 0.6) is 0 Å². The van der Waals surface area contributed by atoms with Gasteiger partial charge in [-0.15, -0.1) is 0 Å². The highest BCUT2D eigenvalue weighted by atomic mass is 16.2. The number of hydrogen-bond acceptors (Lipinski definition) is 5. The molecule has 8 nitrogen and oxygen atoms in total. The number of anilines is 1. The Hall–Kier alpha value is -4.46. The number of nitrogens with two attached hydrogens (primary N) is 1. The Morgan fingerprint density at radius 2 is 1.65 bits per heavy atom. The Morgan fingerprint density at radius 1 is 0.946 bits per heavy atom. The molecule has 1 saturated heterocycles. The quantitative estimate of drug-likeness (QED) is 0.426. The van der Waals surface area contributed by atoms with Crippen LogP contribution in [0.3, 0.4) is 0 Å². The first-order chi connectivity index (χ1) is 18.0. The molecule has 0 bridgehead atoms. The molecular formula is C29H32N6O2. The van der Waals surface area contributed by atoms with E-state index in [0.717, 1.165) is 22.3 Å². The molecule has 1 fully saturated rings. The van der Waals surface area contributed by atoms with Crippen molar-refractivity contribution < 1.29 is 9.59 Å². The topological polar surface area (TPSA) is 106 Å². The van der Waals surface area contributed by atoms with Gasteiger partial charge in [0, 0.05) is 55.3 Å². The van der Waals surface area contributed by atoms with Crippen molar-refractivity contribution >= 4 is 17.6 Å². The van der Waals surface area contributed by atoms with Gasteiger partial charge in [0.2, 0.25) is 0 Å². The van der Waals surface area contributed by atoms with E-state index in [0.29, 0.717) is 30.6 Å². The zero-order valence-electron chi connectivity index (χ0n) is 21.4. The third-order valence-electron chi connectivity index (χ3n) is 6.25. The van der Waals surface area contributed by atoms with E-state index >= 15 is 0 Å². The van der Waals surface area contributed by atoms with Crippen molar-refractivity contribution in [2.24, 2.45) is 7.05 Å². The van der Waals surface area contributed by atoms with E-state index in [9.17, 15) is 9.59 Å². The second-order valence-electron chi connectivity index (χ2n) is 8.71. The highest BCUT2D eigenvalue weighted by Crippen LogP contribution is 2.23. The van der Waals surface area contributed by atoms with Crippen LogP contribution in [0.2, 0.25) is 0 Å². The molecule has 0 unspecified atom stereocenters. The molecule has 3 N–H and O–H groups in total. The van der Waals surface area contributed by atoms with E-state index in [1.54, 1.807) is 28.0 Å². The fourth-order valence-electron chi connectivity index (χ4n) is 4.33. The lowest BCUT2D eigenvalue weighted by molar-refractivity contribution is 0.0783. The molecule has 2 aromatic heterocycles. The van der Waals surface area contributed by atoms with E-state index in [-0.39, 0.29) is 23.7 Å². The zero-order valence-corrected chi connectivity index (χ0v) is 21.4. The molecule has 0 spiro atoms. The average molecular weight is 497 g/mol. The monoisotopic (exact) mass is 496 g/mol. The minimum atomic E-state index is -0.299. The van der Waals surface area contributed by atoms with E-state index in [1.165, 1.54) is 0 Å². The molecule has 1 aliphatic heterocycles. The van der Waals surface area contributed by atoms with E-state index < -0.39 is 0 Å². The molecule has 3 heterocycles. The summed E-state index contributed by atoms with van der Waals surface area (Å²) < 4.78 is 1.69. The minimum absolute atomic E-state index is 0.0406. The lowest BCUT2D eigenvalue weighted by Crippen LogP contribution is -2.38. The Kier molecular flexibility index (Phi) is 7.98. The number of nitrogen functional groups attached to an aromatic ring is 1. The Labute approximate surface area is 217 Å². The van der Waals surface area contributed by atoms with Crippen molar-refractivity contribution in [3.63, 3.8) is 0 Å². The maximum absolute atomic E-state index is 13.0. The molecule has 4 aromatic rings. The number of benzene rings is 2. The van der Waals surface area contributed by atoms with Crippen molar-refractivity contribution in [1.82, 2.24) is 25.0 Å². The summed E-state index contributed by atoms with van der Waals surface area (Å²) >= 11 is 0. The van der Waals surface area contributed by atoms with Gasteiger partial charge in [0.1, 0.15) is 5.82 Å². The molecule has 2 amide bonds. The maximum Gasteiger partial charge on any atom is 0.255 e. The predicted octanol–water partition coefficient (Wildman–Crippen LogP) is 4.40. The van der Waals surface area contributed by atoms with Crippen molar-refractivity contribution in [2.45, 2.75) is 26.3 Å². The van der Waals surface area contributed by atoms with Crippen LogP contribution in [0.1, 0.15) is 41.0 Å². The second kappa shape index (κ2) is 11.5. The normalized spacial score (nSPS) is 14.6. The molecule has 190 valence electrons. The molecule has 2 aromatic carbocycles. The van der Waals surface area contributed by atoms with Crippen molar-refractivity contribution in [3.05, 3.63) is 90.4 Å². The van der Waals surface area contributed by atoms with E-state index in [2.05, 4.69) is 15.4 Å². The molecule has 0 saturated carbocycles. The zero-order chi connectivity index (χ0) is 26.4. The number of pyridine rings is 1. The lowest BCUT2D eigenvalue weighted by atomic mass is 10.0. The van der Waals surface area contributed by atoms with Crippen LogP contribution in [0.15, 0.2) is 79.3 Å². The summed E-state index contributed by atoms with van der Waals surface area (Å²) in [5.41, 5.74) is 10.7. The molecule has 0 aliphatic carbocycles. The average Bonchev–Trinajstić information content (AvgIpc) is 3.59. The summed E-state index contributed by atoms with van der Waals surface area (Å²) in [6, 6.07) is 19.2. The van der Waals surface area contributed by atoms with Crippen LogP contribution in [-0.4, -0.2) is 50.6 Å². The molecule has 0 radical (unpaired) electrons. The number of nitrogens with zero attached hydrogens (tertiary/aromatic N) is 4. The number of rotatable bonds is 5. The molecular weight excluding hydrogens is 464 g/mol. The standard InChI is InChI=1S/C27H26N6O2.C2H6/c1-32-16-22(15-30-32)21-13-24(25(28)29-14-21)26(34)31-23-11-12-33(17-23)27(35)20-9-7-19(8-10-20)18-5-3-2-4-6-18;1-2/h2-10,13-16,23H,11-12,17H2,1H3,(H2,28,29)(H,31,34);1-2H3/t23-;/m1./s1. The number of hydrogen-bond donors (Lipinski definition) is 2. The van der Waals surface area contributed by atoms with Gasteiger partial charge >= 0.3 is 0 Å². The molecule has 37 heavy (non-hydrogen) atoms. The predicted molar refractivity (Wildman–Crippen MR) is 146 cm³/mol. The number of carbonyl (C=O) groups excluding carboxylic acids is 2. The Bertz CT molecular complexity index is 1360. The largest absolute Gasteiger partial charge is 0.383 e. The van der Waals surface area contributed by atoms with Gasteiger partial charge in [0.25, 0.3) is 11.8 Å². The fourth-order valence-corrected chi connectivity index (χ4v) is 4.33.